The van der Waals surface area contributed by atoms with E-state index in [1.54, 1.807) is 30.3 Å². The molecule has 0 bridgehead atoms. The van der Waals surface area contributed by atoms with Crippen LogP contribution < -0.4 is 0 Å². The van der Waals surface area contributed by atoms with Gasteiger partial charge in [-0.1, -0.05) is 42.5 Å². The number of aromatic nitrogens is 1. The van der Waals surface area contributed by atoms with Crippen LogP contribution in [0.5, 0.6) is 0 Å². The summed E-state index contributed by atoms with van der Waals surface area (Å²) in [4.78, 5) is 4.28. The highest BCUT2D eigenvalue weighted by Crippen LogP contribution is 2.22. The molecule has 0 saturated heterocycles. The van der Waals surface area contributed by atoms with Crippen molar-refractivity contribution in [3.8, 4) is 6.07 Å². The Bertz CT molecular complexity index is 983. The predicted octanol–water partition coefficient (Wildman–Crippen LogP) is 3.14. The zero-order valence-corrected chi connectivity index (χ0v) is 13.5. The number of hydrogen-bond acceptors (Lipinski definition) is 5. The molecule has 2 aromatic carbocycles. The first-order chi connectivity index (χ1) is 11.1. The van der Waals surface area contributed by atoms with Crippen LogP contribution in [-0.2, 0) is 15.8 Å². The molecule has 1 heterocycles. The molecule has 0 aliphatic heterocycles. The molecule has 0 fully saturated rings. The molecule has 5 nitrogen and oxygen atoms in total. The van der Waals surface area contributed by atoms with Crippen LogP contribution in [0.25, 0.3) is 10.2 Å². The summed E-state index contributed by atoms with van der Waals surface area (Å²) in [6.07, 6.45) is 0. The standard InChI is InChI=1S/C16H11N3O2S2/c17-10-14(16-18-13-8-4-5-9-15(13)22-16)19-23(20,21)11-12-6-2-1-3-7-12/h1-9H,11H2/b19-14+. The molecule has 3 rings (SSSR count). The van der Waals surface area contributed by atoms with Gasteiger partial charge in [-0.15, -0.1) is 15.7 Å². The van der Waals surface area contributed by atoms with E-state index in [0.29, 0.717) is 10.6 Å². The van der Waals surface area contributed by atoms with Gasteiger partial charge in [0.15, 0.2) is 10.7 Å². The molecule has 0 radical (unpaired) electrons. The van der Waals surface area contributed by atoms with E-state index in [9.17, 15) is 13.7 Å². The molecule has 0 N–H and O–H groups in total. The van der Waals surface area contributed by atoms with Gasteiger partial charge in [-0.3, -0.25) is 0 Å². The summed E-state index contributed by atoms with van der Waals surface area (Å²) in [6.45, 7) is 0. The van der Waals surface area contributed by atoms with E-state index < -0.39 is 10.0 Å². The zero-order chi connectivity index (χ0) is 16.3. The van der Waals surface area contributed by atoms with Gasteiger partial charge in [0.05, 0.1) is 16.0 Å². The third-order valence-corrected chi connectivity index (χ3v) is 5.23. The van der Waals surface area contributed by atoms with Crippen molar-refractivity contribution in [3.63, 3.8) is 0 Å². The van der Waals surface area contributed by atoms with E-state index >= 15 is 0 Å². The highest BCUT2D eigenvalue weighted by Gasteiger charge is 2.16. The molecule has 0 unspecified atom stereocenters. The van der Waals surface area contributed by atoms with Crippen LogP contribution in [0.3, 0.4) is 0 Å². The number of nitriles is 1. The van der Waals surface area contributed by atoms with Crippen LogP contribution in [0.1, 0.15) is 10.6 Å². The van der Waals surface area contributed by atoms with Crippen LogP contribution in [0.4, 0.5) is 0 Å². The number of fused-ring (bicyclic) bond motifs is 1. The average molecular weight is 341 g/mol. The molecule has 0 aliphatic rings. The molecule has 7 heteroatoms. The minimum absolute atomic E-state index is 0.179. The number of hydrogen-bond donors (Lipinski definition) is 0. The Morgan fingerprint density at radius 3 is 2.52 bits per heavy atom. The van der Waals surface area contributed by atoms with E-state index in [2.05, 4.69) is 9.38 Å². The maximum absolute atomic E-state index is 12.2. The van der Waals surface area contributed by atoms with E-state index in [1.165, 1.54) is 11.3 Å². The Kier molecular flexibility index (Phi) is 4.19. The van der Waals surface area contributed by atoms with E-state index in [4.69, 9.17) is 0 Å². The fourth-order valence-electron chi connectivity index (χ4n) is 2.04. The van der Waals surface area contributed by atoms with Crippen molar-refractivity contribution in [2.24, 2.45) is 4.40 Å². The fraction of sp³-hybridized carbons (Fsp3) is 0.0625. The van der Waals surface area contributed by atoms with E-state index in [-0.39, 0.29) is 11.5 Å². The molecule has 0 atom stereocenters. The smallest absolute Gasteiger partial charge is 0.234 e. The second kappa shape index (κ2) is 6.28. The second-order valence-corrected chi connectivity index (χ2v) is 7.42. The summed E-state index contributed by atoms with van der Waals surface area (Å²) >= 11 is 1.25. The van der Waals surface area contributed by atoms with Gasteiger partial charge in [0.25, 0.3) is 10.0 Å². The Morgan fingerprint density at radius 2 is 1.83 bits per heavy atom. The molecule has 0 spiro atoms. The lowest BCUT2D eigenvalue weighted by atomic mass is 10.2. The van der Waals surface area contributed by atoms with Gasteiger partial charge < -0.3 is 0 Å². The lowest BCUT2D eigenvalue weighted by Crippen LogP contribution is -2.06. The highest BCUT2D eigenvalue weighted by molar-refractivity contribution is 7.89. The minimum Gasteiger partial charge on any atom is -0.234 e. The number of sulfonamides is 1. The first kappa shape index (κ1) is 15.3. The van der Waals surface area contributed by atoms with Gasteiger partial charge >= 0.3 is 0 Å². The molecule has 23 heavy (non-hydrogen) atoms. The quantitative estimate of drug-likeness (QED) is 0.683. The van der Waals surface area contributed by atoms with Crippen LogP contribution in [0, 0.1) is 11.3 Å². The maximum atomic E-state index is 12.2. The van der Waals surface area contributed by atoms with Crippen molar-refractivity contribution >= 4 is 37.3 Å². The van der Waals surface area contributed by atoms with Crippen molar-refractivity contribution in [2.45, 2.75) is 5.75 Å². The average Bonchev–Trinajstić information content (AvgIpc) is 2.97. The van der Waals surface area contributed by atoms with Gasteiger partial charge in [0.1, 0.15) is 6.07 Å². The molecule has 3 aromatic rings. The number of nitrogens with zero attached hydrogens (tertiary/aromatic N) is 3. The van der Waals surface area contributed by atoms with Crippen molar-refractivity contribution < 1.29 is 8.42 Å². The topological polar surface area (TPSA) is 83.2 Å². The third-order valence-electron chi connectivity index (χ3n) is 3.02. The van der Waals surface area contributed by atoms with Gasteiger partial charge in [0.2, 0.25) is 0 Å². The van der Waals surface area contributed by atoms with Gasteiger partial charge in [-0.25, -0.2) is 13.4 Å². The Balaban J connectivity index is 1.96. The third kappa shape index (κ3) is 3.62. The lowest BCUT2D eigenvalue weighted by molar-refractivity contribution is 0.597. The SMILES string of the molecule is N#C/C(=N\S(=O)(=O)Cc1ccccc1)c1nc2ccccc2s1. The summed E-state index contributed by atoms with van der Waals surface area (Å²) in [5.74, 6) is -0.246. The Labute approximate surface area is 137 Å². The molecular weight excluding hydrogens is 330 g/mol. The Hall–Kier alpha value is -2.56. The minimum atomic E-state index is -3.80. The van der Waals surface area contributed by atoms with Crippen LogP contribution >= 0.6 is 11.3 Å². The first-order valence-electron chi connectivity index (χ1n) is 6.70. The number of thiazole rings is 1. The summed E-state index contributed by atoms with van der Waals surface area (Å²) in [6, 6.07) is 17.9. The first-order valence-corrected chi connectivity index (χ1v) is 9.12. The van der Waals surface area contributed by atoms with Gasteiger partial charge in [-0.05, 0) is 17.7 Å². The highest BCUT2D eigenvalue weighted by atomic mass is 32.2. The monoisotopic (exact) mass is 341 g/mol. The summed E-state index contributed by atoms with van der Waals surface area (Å²) in [5, 5.41) is 9.57. The molecular formula is C16H11N3O2S2. The number of para-hydroxylation sites is 1. The molecule has 1 aromatic heterocycles. The van der Waals surface area contributed by atoms with Crippen LogP contribution in [0.2, 0.25) is 0 Å². The molecule has 0 amide bonds. The molecule has 0 saturated carbocycles. The second-order valence-electron chi connectivity index (χ2n) is 4.75. The van der Waals surface area contributed by atoms with Crippen LogP contribution in [-0.4, -0.2) is 19.1 Å². The number of rotatable bonds is 4. The fourth-order valence-corrected chi connectivity index (χ4v) is 4.08. The van der Waals surface area contributed by atoms with E-state index in [1.807, 2.05) is 30.3 Å². The zero-order valence-electron chi connectivity index (χ0n) is 11.9. The van der Waals surface area contributed by atoms with Crippen molar-refractivity contribution in [3.05, 3.63) is 65.2 Å². The summed E-state index contributed by atoms with van der Waals surface area (Å²) in [5.41, 5.74) is 1.16. The summed E-state index contributed by atoms with van der Waals surface area (Å²) < 4.78 is 28.9. The number of benzene rings is 2. The molecule has 0 aliphatic carbocycles. The molecule has 114 valence electrons. The normalized spacial score (nSPS) is 12.2. The van der Waals surface area contributed by atoms with E-state index in [0.717, 1.165) is 10.2 Å². The van der Waals surface area contributed by atoms with Crippen LogP contribution in [0.15, 0.2) is 59.0 Å². The van der Waals surface area contributed by atoms with Crippen molar-refractivity contribution in [2.75, 3.05) is 0 Å². The van der Waals surface area contributed by atoms with Crippen molar-refractivity contribution in [1.82, 2.24) is 4.98 Å². The summed E-state index contributed by atoms with van der Waals surface area (Å²) in [7, 11) is -3.80. The van der Waals surface area contributed by atoms with Gasteiger partial charge in [0, 0.05) is 0 Å². The van der Waals surface area contributed by atoms with Crippen molar-refractivity contribution in [1.29, 1.82) is 5.26 Å². The largest absolute Gasteiger partial charge is 0.258 e. The lowest BCUT2D eigenvalue weighted by Gasteiger charge is -1.99. The van der Waals surface area contributed by atoms with Gasteiger partial charge in [-0.2, -0.15) is 5.26 Å². The Morgan fingerprint density at radius 1 is 1.13 bits per heavy atom. The predicted molar refractivity (Wildman–Crippen MR) is 90.8 cm³/mol. The maximum Gasteiger partial charge on any atom is 0.258 e.